The van der Waals surface area contributed by atoms with Crippen molar-refractivity contribution in [1.29, 1.82) is 0 Å². The molecule has 1 atom stereocenters. The lowest BCUT2D eigenvalue weighted by molar-refractivity contribution is 0.148. The number of hydrogen-bond acceptors (Lipinski definition) is 2. The van der Waals surface area contributed by atoms with E-state index in [1.165, 1.54) is 22.3 Å². The fourth-order valence-electron chi connectivity index (χ4n) is 3.45. The zero-order valence-corrected chi connectivity index (χ0v) is 19.2. The number of ether oxygens (including phenoxy) is 2. The van der Waals surface area contributed by atoms with Gasteiger partial charge in [0.1, 0.15) is 0 Å². The minimum atomic E-state index is 0.125. The summed E-state index contributed by atoms with van der Waals surface area (Å²) >= 11 is 0. The average Bonchev–Trinajstić information content (AvgIpc) is 3.31. The molecule has 0 aromatic heterocycles. The van der Waals surface area contributed by atoms with Crippen LogP contribution in [0.4, 0.5) is 0 Å². The summed E-state index contributed by atoms with van der Waals surface area (Å²) in [6.45, 7) is 12.4. The Morgan fingerprint density at radius 2 is 1.45 bits per heavy atom. The Morgan fingerprint density at radius 1 is 0.897 bits per heavy atom. The Kier molecular flexibility index (Phi) is 9.90. The van der Waals surface area contributed by atoms with E-state index in [0.29, 0.717) is 19.3 Å². The highest BCUT2D eigenvalue weighted by Crippen LogP contribution is 2.38. The zero-order chi connectivity index (χ0) is 21.1. The number of benzene rings is 1. The van der Waals surface area contributed by atoms with Gasteiger partial charge in [-0.05, 0) is 78.7 Å². The standard InChI is InChI=1S/C27H40O2/c1-22(11-9-13-23(2)17-18-26-27(4,5)29-26)12-10-14-24(3)19-20-28-21-25-15-7-6-8-16-25/h6-8,12-13,15-16,19,26H,9-11,14,17-18,20-21H2,1-5H3/b22-12+,23-13+,24-19+. The van der Waals surface area contributed by atoms with Crippen LogP contribution < -0.4 is 0 Å². The highest BCUT2D eigenvalue weighted by atomic mass is 16.6. The van der Waals surface area contributed by atoms with Crippen molar-refractivity contribution < 1.29 is 9.47 Å². The summed E-state index contributed by atoms with van der Waals surface area (Å²) < 4.78 is 11.4. The predicted molar refractivity (Wildman–Crippen MR) is 124 cm³/mol. The van der Waals surface area contributed by atoms with Gasteiger partial charge in [-0.3, -0.25) is 0 Å². The molecule has 0 saturated carbocycles. The van der Waals surface area contributed by atoms with Gasteiger partial charge < -0.3 is 9.47 Å². The summed E-state index contributed by atoms with van der Waals surface area (Å²) in [4.78, 5) is 0. The van der Waals surface area contributed by atoms with Crippen molar-refractivity contribution in [2.45, 2.75) is 91.5 Å². The molecule has 0 bridgehead atoms. The molecule has 0 spiro atoms. The molecule has 1 aromatic carbocycles. The van der Waals surface area contributed by atoms with Crippen LogP contribution in [0.3, 0.4) is 0 Å². The molecular formula is C27H40O2. The van der Waals surface area contributed by atoms with Crippen LogP contribution in [-0.2, 0) is 16.1 Å². The third kappa shape index (κ3) is 10.1. The molecule has 1 aromatic rings. The lowest BCUT2D eigenvalue weighted by Crippen LogP contribution is -2.02. The summed E-state index contributed by atoms with van der Waals surface area (Å²) in [5, 5.41) is 0. The SMILES string of the molecule is C/C(=C\CC/C(C)=C/COCc1ccccc1)CC/C=C(\C)CCC1OC1(C)C. The molecule has 0 N–H and O–H groups in total. The average molecular weight is 397 g/mol. The predicted octanol–water partition coefficient (Wildman–Crippen LogP) is 7.56. The molecule has 29 heavy (non-hydrogen) atoms. The van der Waals surface area contributed by atoms with Crippen LogP contribution in [0.1, 0.15) is 78.7 Å². The van der Waals surface area contributed by atoms with Crippen LogP contribution in [0.25, 0.3) is 0 Å². The third-order valence-corrected chi connectivity index (χ3v) is 5.69. The quantitative estimate of drug-likeness (QED) is 0.195. The normalized spacial score (nSPS) is 19.5. The summed E-state index contributed by atoms with van der Waals surface area (Å²) in [5.74, 6) is 0. The lowest BCUT2D eigenvalue weighted by atomic mass is 10.0. The highest BCUT2D eigenvalue weighted by Gasteiger charge is 2.46. The minimum Gasteiger partial charge on any atom is -0.373 e. The molecule has 0 amide bonds. The van der Waals surface area contributed by atoms with E-state index >= 15 is 0 Å². The highest BCUT2D eigenvalue weighted by molar-refractivity contribution is 5.13. The fourth-order valence-corrected chi connectivity index (χ4v) is 3.45. The van der Waals surface area contributed by atoms with Gasteiger partial charge in [0, 0.05) is 0 Å². The Labute approximate surface area is 178 Å². The van der Waals surface area contributed by atoms with Gasteiger partial charge in [-0.15, -0.1) is 0 Å². The number of rotatable bonds is 13. The van der Waals surface area contributed by atoms with Crippen molar-refractivity contribution in [2.75, 3.05) is 6.61 Å². The number of hydrogen-bond donors (Lipinski definition) is 0. The molecule has 2 nitrogen and oxygen atoms in total. The van der Waals surface area contributed by atoms with Gasteiger partial charge in [-0.25, -0.2) is 0 Å². The number of allylic oxidation sites excluding steroid dienone is 5. The van der Waals surface area contributed by atoms with E-state index in [4.69, 9.17) is 9.47 Å². The first kappa shape index (κ1) is 23.6. The molecule has 2 rings (SSSR count). The van der Waals surface area contributed by atoms with Crippen molar-refractivity contribution in [3.63, 3.8) is 0 Å². The van der Waals surface area contributed by atoms with E-state index in [0.717, 1.165) is 38.5 Å². The molecule has 2 heteroatoms. The molecule has 1 saturated heterocycles. The van der Waals surface area contributed by atoms with Crippen LogP contribution in [0.5, 0.6) is 0 Å². The largest absolute Gasteiger partial charge is 0.373 e. The second-order valence-electron chi connectivity index (χ2n) is 8.98. The Hall–Kier alpha value is -1.64. The maximum Gasteiger partial charge on any atom is 0.0892 e. The Morgan fingerprint density at radius 3 is 2.03 bits per heavy atom. The fraction of sp³-hybridized carbons (Fsp3) is 0.556. The first-order valence-electron chi connectivity index (χ1n) is 11.1. The molecule has 0 radical (unpaired) electrons. The van der Waals surface area contributed by atoms with Crippen molar-refractivity contribution in [1.82, 2.24) is 0 Å². The van der Waals surface area contributed by atoms with E-state index in [2.05, 4.69) is 77.1 Å². The van der Waals surface area contributed by atoms with Crippen LogP contribution in [-0.4, -0.2) is 18.3 Å². The van der Waals surface area contributed by atoms with Gasteiger partial charge in [-0.1, -0.05) is 65.3 Å². The van der Waals surface area contributed by atoms with E-state index in [1.54, 1.807) is 0 Å². The lowest BCUT2D eigenvalue weighted by Gasteiger charge is -2.04. The van der Waals surface area contributed by atoms with Gasteiger partial charge in [0.25, 0.3) is 0 Å². The molecule has 1 heterocycles. The van der Waals surface area contributed by atoms with Gasteiger partial charge in [0.2, 0.25) is 0 Å². The van der Waals surface area contributed by atoms with Crippen molar-refractivity contribution in [3.8, 4) is 0 Å². The maximum absolute atomic E-state index is 5.74. The summed E-state index contributed by atoms with van der Waals surface area (Å²) in [5.41, 5.74) is 5.75. The monoisotopic (exact) mass is 396 g/mol. The Bertz CT molecular complexity index is 695. The summed E-state index contributed by atoms with van der Waals surface area (Å²) in [6.07, 6.45) is 14.3. The zero-order valence-electron chi connectivity index (χ0n) is 19.2. The van der Waals surface area contributed by atoms with E-state index < -0.39 is 0 Å². The molecule has 1 unspecified atom stereocenters. The van der Waals surface area contributed by atoms with E-state index in [-0.39, 0.29) is 5.60 Å². The second kappa shape index (κ2) is 12.1. The molecule has 160 valence electrons. The van der Waals surface area contributed by atoms with Gasteiger partial charge >= 0.3 is 0 Å². The molecule has 0 aliphatic carbocycles. The summed E-state index contributed by atoms with van der Waals surface area (Å²) in [6, 6.07) is 10.3. The maximum atomic E-state index is 5.74. The first-order valence-corrected chi connectivity index (χ1v) is 11.1. The smallest absolute Gasteiger partial charge is 0.0892 e. The van der Waals surface area contributed by atoms with Crippen molar-refractivity contribution >= 4 is 0 Å². The summed E-state index contributed by atoms with van der Waals surface area (Å²) in [7, 11) is 0. The topological polar surface area (TPSA) is 21.8 Å². The van der Waals surface area contributed by atoms with Gasteiger partial charge in [-0.2, -0.15) is 0 Å². The van der Waals surface area contributed by atoms with Crippen molar-refractivity contribution in [2.24, 2.45) is 0 Å². The van der Waals surface area contributed by atoms with Crippen LogP contribution >= 0.6 is 0 Å². The molecule has 1 aliphatic rings. The van der Waals surface area contributed by atoms with E-state index in [1.807, 2.05) is 6.07 Å². The van der Waals surface area contributed by atoms with Crippen LogP contribution in [0.15, 0.2) is 65.3 Å². The molecule has 1 fully saturated rings. The van der Waals surface area contributed by atoms with Crippen LogP contribution in [0, 0.1) is 0 Å². The van der Waals surface area contributed by atoms with Gasteiger partial charge in [0.05, 0.1) is 24.9 Å². The minimum absolute atomic E-state index is 0.125. The second-order valence-corrected chi connectivity index (χ2v) is 8.98. The van der Waals surface area contributed by atoms with Crippen molar-refractivity contribution in [3.05, 3.63) is 70.8 Å². The third-order valence-electron chi connectivity index (χ3n) is 5.69. The Balaban J connectivity index is 1.54. The van der Waals surface area contributed by atoms with E-state index in [9.17, 15) is 0 Å². The molecular weight excluding hydrogens is 356 g/mol. The number of epoxide rings is 1. The van der Waals surface area contributed by atoms with Gasteiger partial charge in [0.15, 0.2) is 0 Å². The first-order chi connectivity index (χ1) is 13.9. The van der Waals surface area contributed by atoms with Crippen LogP contribution in [0.2, 0.25) is 0 Å². The molecule has 1 aliphatic heterocycles.